The number of fused-ring (bicyclic) bond motifs is 3. The van der Waals surface area contributed by atoms with Gasteiger partial charge in [0.05, 0.1) is 5.69 Å². The van der Waals surface area contributed by atoms with Crippen LogP contribution in [0.15, 0.2) is 134 Å². The summed E-state index contributed by atoms with van der Waals surface area (Å²) < 4.78 is 0. The van der Waals surface area contributed by atoms with Crippen molar-refractivity contribution in [2.75, 3.05) is 0 Å². The molecule has 0 saturated carbocycles. The van der Waals surface area contributed by atoms with Crippen molar-refractivity contribution >= 4 is 17.2 Å². The number of allylic oxidation sites excluding steroid dienone is 5. The molecule has 206 valence electrons. The second-order valence-electron chi connectivity index (χ2n) is 11.8. The van der Waals surface area contributed by atoms with Crippen LogP contribution >= 0.6 is 0 Å². The molecule has 2 heterocycles. The highest BCUT2D eigenvalue weighted by molar-refractivity contribution is 5.83. The van der Waals surface area contributed by atoms with Gasteiger partial charge in [-0.2, -0.15) is 0 Å². The van der Waals surface area contributed by atoms with Gasteiger partial charge in [0.1, 0.15) is 0 Å². The van der Waals surface area contributed by atoms with Crippen molar-refractivity contribution in [2.24, 2.45) is 11.8 Å². The number of aryl methyl sites for hydroxylation is 2. The van der Waals surface area contributed by atoms with Crippen molar-refractivity contribution in [3.63, 3.8) is 0 Å². The van der Waals surface area contributed by atoms with Crippen LogP contribution in [0.3, 0.4) is 0 Å². The molecule has 2 aromatic heterocycles. The molecular formula is C41H32N2. The summed E-state index contributed by atoms with van der Waals surface area (Å²) in [5.41, 5.74) is 13.5. The Morgan fingerprint density at radius 3 is 2.12 bits per heavy atom. The average molecular weight is 553 g/mol. The lowest BCUT2D eigenvalue weighted by Crippen LogP contribution is -2.40. The quantitative estimate of drug-likeness (QED) is 0.227. The van der Waals surface area contributed by atoms with Gasteiger partial charge in [-0.05, 0) is 93.4 Å². The number of nitrogens with zero attached hydrogens (tertiary/aromatic N) is 2. The van der Waals surface area contributed by atoms with Crippen LogP contribution in [-0.2, 0) is 6.42 Å². The predicted molar refractivity (Wildman–Crippen MR) is 177 cm³/mol. The number of hydrogen-bond acceptors (Lipinski definition) is 2. The SMILES string of the molecule is Cc1cccc(-c2cncc(-c3cccc(C4=c5ccccc5=C(c5ccc6c(c5)CCC=C6)C5C=CC=CC45)c3)c2)n1. The zero-order valence-corrected chi connectivity index (χ0v) is 24.2. The highest BCUT2D eigenvalue weighted by atomic mass is 14.7. The number of rotatable bonds is 4. The summed E-state index contributed by atoms with van der Waals surface area (Å²) in [6.07, 6.45) is 19.9. The first kappa shape index (κ1) is 25.6. The Morgan fingerprint density at radius 1 is 0.628 bits per heavy atom. The molecule has 0 N–H and O–H groups in total. The summed E-state index contributed by atoms with van der Waals surface area (Å²) in [4.78, 5) is 9.34. The largest absolute Gasteiger partial charge is 0.263 e. The molecule has 0 spiro atoms. The first-order valence-corrected chi connectivity index (χ1v) is 15.2. The minimum atomic E-state index is 0.252. The van der Waals surface area contributed by atoms with Crippen LogP contribution in [0.1, 0.15) is 34.4 Å². The molecule has 8 rings (SSSR count). The standard InChI is InChI=1S/C41H32N2/c1-27-10-8-19-39(43-27)34-24-33(25-42-26-34)30-13-9-14-31(23-30)40-35-15-4-6-17-37(35)41(38-18-7-5-16-36(38)40)32-21-20-28-11-2-3-12-29(28)22-32/h2,4-11,13-26,35,37H,3,12H2,1H3. The van der Waals surface area contributed by atoms with Crippen molar-refractivity contribution in [1.82, 2.24) is 9.97 Å². The van der Waals surface area contributed by atoms with Gasteiger partial charge in [-0.15, -0.1) is 0 Å². The summed E-state index contributed by atoms with van der Waals surface area (Å²) >= 11 is 0. The monoisotopic (exact) mass is 552 g/mol. The van der Waals surface area contributed by atoms with Gasteiger partial charge in [-0.25, -0.2) is 0 Å². The van der Waals surface area contributed by atoms with Gasteiger partial charge >= 0.3 is 0 Å². The molecule has 2 unspecified atom stereocenters. The van der Waals surface area contributed by atoms with E-state index in [0.717, 1.165) is 40.9 Å². The van der Waals surface area contributed by atoms with Gasteiger partial charge in [0, 0.05) is 41.1 Å². The van der Waals surface area contributed by atoms with E-state index in [1.54, 1.807) is 0 Å². The third kappa shape index (κ3) is 4.60. The molecule has 0 radical (unpaired) electrons. The molecule has 43 heavy (non-hydrogen) atoms. The van der Waals surface area contributed by atoms with Crippen LogP contribution in [0.2, 0.25) is 0 Å². The lowest BCUT2D eigenvalue weighted by molar-refractivity contribution is 0.686. The van der Waals surface area contributed by atoms with E-state index in [0.29, 0.717) is 0 Å². The molecule has 0 saturated heterocycles. The first-order valence-electron chi connectivity index (χ1n) is 15.2. The Labute approximate surface area is 252 Å². The van der Waals surface area contributed by atoms with Gasteiger partial charge < -0.3 is 0 Å². The molecule has 0 fully saturated rings. The van der Waals surface area contributed by atoms with E-state index in [4.69, 9.17) is 4.98 Å². The van der Waals surface area contributed by atoms with Crippen molar-refractivity contribution < 1.29 is 0 Å². The van der Waals surface area contributed by atoms with Crippen LogP contribution in [0.4, 0.5) is 0 Å². The van der Waals surface area contributed by atoms with Gasteiger partial charge in [0.25, 0.3) is 0 Å². The fraction of sp³-hybridized carbons (Fsp3) is 0.122. The zero-order chi connectivity index (χ0) is 28.8. The summed E-state index contributed by atoms with van der Waals surface area (Å²) in [6, 6.07) is 33.4. The summed E-state index contributed by atoms with van der Waals surface area (Å²) in [5, 5.41) is 2.66. The van der Waals surface area contributed by atoms with Crippen LogP contribution in [0.25, 0.3) is 39.6 Å². The summed E-state index contributed by atoms with van der Waals surface area (Å²) in [6.45, 7) is 2.03. The van der Waals surface area contributed by atoms with Gasteiger partial charge in [-0.1, -0.05) is 103 Å². The second-order valence-corrected chi connectivity index (χ2v) is 11.8. The molecule has 3 aromatic carbocycles. The van der Waals surface area contributed by atoms with E-state index in [-0.39, 0.29) is 11.8 Å². The third-order valence-electron chi connectivity index (χ3n) is 9.07. The smallest absolute Gasteiger partial charge is 0.0720 e. The summed E-state index contributed by atoms with van der Waals surface area (Å²) in [5.74, 6) is 0.523. The molecule has 2 atom stereocenters. The van der Waals surface area contributed by atoms with E-state index in [2.05, 4.69) is 126 Å². The zero-order valence-electron chi connectivity index (χ0n) is 24.2. The third-order valence-corrected chi connectivity index (χ3v) is 9.07. The van der Waals surface area contributed by atoms with Crippen molar-refractivity contribution in [3.8, 4) is 22.4 Å². The highest BCUT2D eigenvalue weighted by Crippen LogP contribution is 2.41. The molecule has 2 heteroatoms. The molecule has 3 aliphatic rings. The number of hydrogen-bond donors (Lipinski definition) is 0. The maximum atomic E-state index is 4.73. The molecular weight excluding hydrogens is 520 g/mol. The van der Waals surface area contributed by atoms with E-state index in [9.17, 15) is 0 Å². The Morgan fingerprint density at radius 2 is 1.33 bits per heavy atom. The van der Waals surface area contributed by atoms with Crippen LogP contribution in [0.5, 0.6) is 0 Å². The fourth-order valence-electron chi connectivity index (χ4n) is 7.08. The number of aromatic nitrogens is 2. The van der Waals surface area contributed by atoms with E-state index in [1.165, 1.54) is 43.8 Å². The highest BCUT2D eigenvalue weighted by Gasteiger charge is 2.32. The molecule has 3 aliphatic carbocycles. The van der Waals surface area contributed by atoms with Gasteiger partial charge in [0.15, 0.2) is 0 Å². The van der Waals surface area contributed by atoms with Crippen molar-refractivity contribution in [1.29, 1.82) is 0 Å². The average Bonchev–Trinajstić information content (AvgIpc) is 3.07. The minimum Gasteiger partial charge on any atom is -0.263 e. The Kier molecular flexibility index (Phi) is 6.34. The maximum Gasteiger partial charge on any atom is 0.0720 e. The van der Waals surface area contributed by atoms with Gasteiger partial charge in [-0.3, -0.25) is 9.97 Å². The molecule has 0 amide bonds. The Bertz CT molecular complexity index is 2110. The molecule has 5 aromatic rings. The van der Waals surface area contributed by atoms with Crippen LogP contribution in [0, 0.1) is 18.8 Å². The van der Waals surface area contributed by atoms with Crippen LogP contribution < -0.4 is 10.4 Å². The number of benzene rings is 3. The molecule has 2 nitrogen and oxygen atoms in total. The van der Waals surface area contributed by atoms with E-state index >= 15 is 0 Å². The Hall–Kier alpha value is -5.08. The normalized spacial score (nSPS) is 18.3. The molecule has 0 aliphatic heterocycles. The number of pyridine rings is 2. The van der Waals surface area contributed by atoms with Gasteiger partial charge in [0.2, 0.25) is 0 Å². The van der Waals surface area contributed by atoms with E-state index < -0.39 is 0 Å². The summed E-state index contributed by atoms with van der Waals surface area (Å²) in [7, 11) is 0. The fourth-order valence-corrected chi connectivity index (χ4v) is 7.08. The van der Waals surface area contributed by atoms with Crippen molar-refractivity contribution in [2.45, 2.75) is 19.8 Å². The van der Waals surface area contributed by atoms with Crippen LogP contribution in [-0.4, -0.2) is 9.97 Å². The van der Waals surface area contributed by atoms with Crippen molar-refractivity contribution in [3.05, 3.63) is 172 Å². The topological polar surface area (TPSA) is 25.8 Å². The van der Waals surface area contributed by atoms with E-state index in [1.807, 2.05) is 25.4 Å². The second kappa shape index (κ2) is 10.6. The molecule has 0 bridgehead atoms. The lowest BCUT2D eigenvalue weighted by atomic mass is 9.69. The Balaban J connectivity index is 1.31. The predicted octanol–water partition coefficient (Wildman–Crippen LogP) is 7.85. The maximum absolute atomic E-state index is 4.73. The first-order chi connectivity index (χ1) is 21.2. The minimum absolute atomic E-state index is 0.252. The lowest BCUT2D eigenvalue weighted by Gasteiger charge is -2.33.